The molecule has 0 fully saturated rings. The zero-order chi connectivity index (χ0) is 14.5. The fraction of sp³-hybridized carbons (Fsp3) is 0.312. The van der Waals surface area contributed by atoms with Gasteiger partial charge in [-0.25, -0.2) is 4.39 Å². The molecule has 1 heterocycles. The minimum atomic E-state index is -0.234. The summed E-state index contributed by atoms with van der Waals surface area (Å²) in [5.74, 6) is -0.234. The molecule has 0 aliphatic carbocycles. The van der Waals surface area contributed by atoms with Crippen molar-refractivity contribution >= 4 is 15.9 Å². The highest BCUT2D eigenvalue weighted by molar-refractivity contribution is 9.10. The Balaban J connectivity index is 2.25. The van der Waals surface area contributed by atoms with Crippen molar-refractivity contribution in [3.8, 4) is 0 Å². The maximum Gasteiger partial charge on any atom is 0.137 e. The van der Waals surface area contributed by atoms with E-state index >= 15 is 0 Å². The lowest BCUT2D eigenvalue weighted by Gasteiger charge is -2.19. The first-order valence-electron chi connectivity index (χ1n) is 6.70. The van der Waals surface area contributed by atoms with Crippen molar-refractivity contribution < 1.29 is 4.39 Å². The van der Waals surface area contributed by atoms with Gasteiger partial charge in [-0.2, -0.15) is 0 Å². The minimum absolute atomic E-state index is 0.138. The second-order valence-electron chi connectivity index (χ2n) is 4.77. The van der Waals surface area contributed by atoms with Crippen LogP contribution < -0.4 is 5.32 Å². The molecule has 1 aromatic heterocycles. The third kappa shape index (κ3) is 3.64. The number of benzene rings is 1. The number of likely N-dealkylation sites (N-methyl/N-ethyl adjacent to an activating group) is 1. The van der Waals surface area contributed by atoms with E-state index in [9.17, 15) is 4.39 Å². The number of pyridine rings is 1. The van der Waals surface area contributed by atoms with Crippen molar-refractivity contribution in [3.05, 3.63) is 63.6 Å². The Morgan fingerprint density at radius 3 is 2.80 bits per heavy atom. The molecular weight excluding hydrogens is 319 g/mol. The smallest absolute Gasteiger partial charge is 0.137 e. The van der Waals surface area contributed by atoms with Crippen molar-refractivity contribution in [3.63, 3.8) is 0 Å². The van der Waals surface area contributed by atoms with Crippen LogP contribution >= 0.6 is 15.9 Å². The number of rotatable bonds is 5. The van der Waals surface area contributed by atoms with Gasteiger partial charge in [0.1, 0.15) is 5.82 Å². The van der Waals surface area contributed by atoms with Crippen LogP contribution in [0.15, 0.2) is 41.0 Å². The monoisotopic (exact) mass is 336 g/mol. The second kappa shape index (κ2) is 6.95. The topological polar surface area (TPSA) is 24.9 Å². The maximum absolute atomic E-state index is 13.3. The molecular formula is C16H18BrFN2. The predicted molar refractivity (Wildman–Crippen MR) is 83.2 cm³/mol. The Morgan fingerprint density at radius 2 is 2.15 bits per heavy atom. The van der Waals surface area contributed by atoms with Crippen LogP contribution in [-0.4, -0.2) is 11.5 Å². The standard InChI is InChI=1S/C16H18BrFN2/c1-3-19-15(16-11(2)5-4-8-20-16)10-12-6-7-14(18)13(17)9-12/h4-9,15,19H,3,10H2,1-2H3. The van der Waals surface area contributed by atoms with Crippen molar-refractivity contribution in [1.82, 2.24) is 10.3 Å². The van der Waals surface area contributed by atoms with Gasteiger partial charge in [0.05, 0.1) is 16.2 Å². The van der Waals surface area contributed by atoms with E-state index in [1.165, 1.54) is 11.6 Å². The summed E-state index contributed by atoms with van der Waals surface area (Å²) in [5, 5.41) is 3.45. The Morgan fingerprint density at radius 1 is 1.35 bits per heavy atom. The third-order valence-electron chi connectivity index (χ3n) is 3.25. The summed E-state index contributed by atoms with van der Waals surface area (Å²) in [5.41, 5.74) is 3.30. The number of aryl methyl sites for hydroxylation is 1. The first-order valence-corrected chi connectivity index (χ1v) is 7.50. The van der Waals surface area contributed by atoms with Gasteiger partial charge >= 0.3 is 0 Å². The third-order valence-corrected chi connectivity index (χ3v) is 3.86. The number of hydrogen-bond donors (Lipinski definition) is 1. The summed E-state index contributed by atoms with van der Waals surface area (Å²) in [4.78, 5) is 4.49. The quantitative estimate of drug-likeness (QED) is 0.885. The van der Waals surface area contributed by atoms with E-state index in [0.29, 0.717) is 4.47 Å². The lowest BCUT2D eigenvalue weighted by molar-refractivity contribution is 0.533. The van der Waals surface area contributed by atoms with Gasteiger partial charge in [0.15, 0.2) is 0 Å². The average Bonchev–Trinajstić information content (AvgIpc) is 2.43. The zero-order valence-corrected chi connectivity index (χ0v) is 13.2. The first kappa shape index (κ1) is 15.1. The van der Waals surface area contributed by atoms with Gasteiger partial charge in [0.2, 0.25) is 0 Å². The molecule has 1 N–H and O–H groups in total. The minimum Gasteiger partial charge on any atom is -0.309 e. The Labute approximate surface area is 127 Å². The van der Waals surface area contributed by atoms with E-state index in [2.05, 4.69) is 46.1 Å². The van der Waals surface area contributed by atoms with E-state index in [1.807, 2.05) is 24.4 Å². The molecule has 0 aliphatic rings. The summed E-state index contributed by atoms with van der Waals surface area (Å²) in [6.07, 6.45) is 2.60. The van der Waals surface area contributed by atoms with Crippen molar-refractivity contribution in [2.45, 2.75) is 26.3 Å². The molecule has 2 rings (SSSR count). The SMILES string of the molecule is CCNC(Cc1ccc(F)c(Br)c1)c1ncccc1C. The van der Waals surface area contributed by atoms with Crippen molar-refractivity contribution in [2.75, 3.05) is 6.54 Å². The van der Waals surface area contributed by atoms with E-state index in [4.69, 9.17) is 0 Å². The molecule has 1 atom stereocenters. The fourth-order valence-electron chi connectivity index (χ4n) is 2.28. The van der Waals surface area contributed by atoms with Gasteiger partial charge in [0, 0.05) is 6.20 Å². The summed E-state index contributed by atoms with van der Waals surface area (Å²) in [6.45, 7) is 5.00. The van der Waals surface area contributed by atoms with Crippen LogP contribution in [0.3, 0.4) is 0 Å². The molecule has 106 valence electrons. The fourth-order valence-corrected chi connectivity index (χ4v) is 2.70. The predicted octanol–water partition coefficient (Wildman–Crippen LogP) is 4.18. The van der Waals surface area contributed by atoms with Crippen LogP contribution in [0.25, 0.3) is 0 Å². The van der Waals surface area contributed by atoms with Gasteiger partial charge < -0.3 is 5.32 Å². The molecule has 2 nitrogen and oxygen atoms in total. The molecule has 2 aromatic rings. The van der Waals surface area contributed by atoms with Gasteiger partial charge in [-0.05, 0) is 65.1 Å². The van der Waals surface area contributed by atoms with E-state index < -0.39 is 0 Å². The normalized spacial score (nSPS) is 12.4. The van der Waals surface area contributed by atoms with Crippen LogP contribution in [0, 0.1) is 12.7 Å². The molecule has 20 heavy (non-hydrogen) atoms. The van der Waals surface area contributed by atoms with Crippen LogP contribution in [-0.2, 0) is 6.42 Å². The second-order valence-corrected chi connectivity index (χ2v) is 5.62. The number of halogens is 2. The van der Waals surface area contributed by atoms with Crippen LogP contribution in [0.5, 0.6) is 0 Å². The average molecular weight is 337 g/mol. The number of nitrogens with one attached hydrogen (secondary N) is 1. The zero-order valence-electron chi connectivity index (χ0n) is 11.7. The highest BCUT2D eigenvalue weighted by atomic mass is 79.9. The molecule has 1 unspecified atom stereocenters. The van der Waals surface area contributed by atoms with E-state index in [1.54, 1.807) is 0 Å². The number of hydrogen-bond acceptors (Lipinski definition) is 2. The molecule has 1 aromatic carbocycles. The van der Waals surface area contributed by atoms with Gasteiger partial charge in [-0.15, -0.1) is 0 Å². The summed E-state index contributed by atoms with van der Waals surface area (Å²) < 4.78 is 13.8. The maximum atomic E-state index is 13.3. The van der Waals surface area contributed by atoms with E-state index in [0.717, 1.165) is 24.2 Å². The van der Waals surface area contributed by atoms with E-state index in [-0.39, 0.29) is 11.9 Å². The van der Waals surface area contributed by atoms with Crippen molar-refractivity contribution in [1.29, 1.82) is 0 Å². The lowest BCUT2D eigenvalue weighted by Crippen LogP contribution is -2.24. The number of nitrogens with zero attached hydrogens (tertiary/aromatic N) is 1. The Kier molecular flexibility index (Phi) is 5.26. The van der Waals surface area contributed by atoms with Crippen LogP contribution in [0.2, 0.25) is 0 Å². The summed E-state index contributed by atoms with van der Waals surface area (Å²) >= 11 is 3.23. The number of aromatic nitrogens is 1. The van der Waals surface area contributed by atoms with Crippen LogP contribution in [0.4, 0.5) is 4.39 Å². The Hall–Kier alpha value is -1.26. The van der Waals surface area contributed by atoms with Crippen molar-refractivity contribution in [2.24, 2.45) is 0 Å². The molecule has 0 radical (unpaired) electrons. The molecule has 4 heteroatoms. The molecule has 0 spiro atoms. The highest BCUT2D eigenvalue weighted by Crippen LogP contribution is 2.23. The molecule has 0 aliphatic heterocycles. The molecule has 0 saturated heterocycles. The molecule has 0 bridgehead atoms. The van der Waals surface area contributed by atoms with Crippen LogP contribution in [0.1, 0.15) is 29.8 Å². The highest BCUT2D eigenvalue weighted by Gasteiger charge is 2.15. The molecule has 0 amide bonds. The first-order chi connectivity index (χ1) is 9.61. The van der Waals surface area contributed by atoms with Gasteiger partial charge in [-0.3, -0.25) is 4.98 Å². The van der Waals surface area contributed by atoms with Gasteiger partial charge in [0.25, 0.3) is 0 Å². The van der Waals surface area contributed by atoms with Gasteiger partial charge in [-0.1, -0.05) is 19.1 Å². The lowest BCUT2D eigenvalue weighted by atomic mass is 10.00. The summed E-state index contributed by atoms with van der Waals surface area (Å²) in [7, 11) is 0. The molecule has 0 saturated carbocycles. The summed E-state index contributed by atoms with van der Waals surface area (Å²) in [6, 6.07) is 9.29. The largest absolute Gasteiger partial charge is 0.309 e. The Bertz CT molecular complexity index is 586.